The molecule has 2 N–H and O–H groups in total. The summed E-state index contributed by atoms with van der Waals surface area (Å²) < 4.78 is 0. The van der Waals surface area contributed by atoms with E-state index in [9.17, 15) is 0 Å². The van der Waals surface area contributed by atoms with Crippen LogP contribution in [0.3, 0.4) is 0 Å². The molecule has 0 aliphatic heterocycles. The zero-order chi connectivity index (χ0) is 13.3. The summed E-state index contributed by atoms with van der Waals surface area (Å²) in [7, 11) is 0. The van der Waals surface area contributed by atoms with E-state index in [2.05, 4.69) is 11.8 Å². The molecule has 0 saturated heterocycles. The molecule has 0 bridgehead atoms. The standard InChI is InChI=1S/C17H32N2/c1-2-14-7-9-17(13-18,10-8-14)19(11-15-3-4-15)12-16-5-6-16/h14-16H,2-13,18H2,1H3. The maximum absolute atomic E-state index is 6.28. The number of nitrogens with zero attached hydrogens (tertiary/aromatic N) is 1. The highest BCUT2D eigenvalue weighted by molar-refractivity contribution is 4.99. The van der Waals surface area contributed by atoms with Crippen LogP contribution in [0.5, 0.6) is 0 Å². The first-order valence-electron chi connectivity index (χ1n) is 8.71. The van der Waals surface area contributed by atoms with Gasteiger partial charge in [0.2, 0.25) is 0 Å². The normalized spacial score (nSPS) is 35.8. The van der Waals surface area contributed by atoms with Gasteiger partial charge in [0.25, 0.3) is 0 Å². The molecule has 3 rings (SSSR count). The van der Waals surface area contributed by atoms with Crippen LogP contribution >= 0.6 is 0 Å². The predicted molar refractivity (Wildman–Crippen MR) is 81.1 cm³/mol. The second-order valence-corrected chi connectivity index (χ2v) is 7.57. The quantitative estimate of drug-likeness (QED) is 0.763. The first-order chi connectivity index (χ1) is 9.25. The Hall–Kier alpha value is -0.0800. The summed E-state index contributed by atoms with van der Waals surface area (Å²) in [6.45, 7) is 5.95. The van der Waals surface area contributed by atoms with Gasteiger partial charge in [0, 0.05) is 25.2 Å². The number of hydrogen-bond acceptors (Lipinski definition) is 2. The smallest absolute Gasteiger partial charge is 0.0332 e. The van der Waals surface area contributed by atoms with E-state index in [0.29, 0.717) is 5.54 Å². The van der Waals surface area contributed by atoms with Crippen molar-refractivity contribution in [1.29, 1.82) is 0 Å². The van der Waals surface area contributed by atoms with Gasteiger partial charge in [-0.2, -0.15) is 0 Å². The van der Waals surface area contributed by atoms with Crippen molar-refractivity contribution >= 4 is 0 Å². The van der Waals surface area contributed by atoms with Gasteiger partial charge in [-0.1, -0.05) is 13.3 Å². The van der Waals surface area contributed by atoms with Crippen molar-refractivity contribution in [2.75, 3.05) is 19.6 Å². The first kappa shape index (κ1) is 13.9. The summed E-state index contributed by atoms with van der Waals surface area (Å²) in [6.07, 6.45) is 12.8. The molecule has 3 aliphatic rings. The SMILES string of the molecule is CCC1CCC(CN)(N(CC2CC2)CC2CC2)CC1. The predicted octanol–water partition coefficient (Wildman–Crippen LogP) is 3.41. The Labute approximate surface area is 119 Å². The highest BCUT2D eigenvalue weighted by Gasteiger charge is 2.42. The van der Waals surface area contributed by atoms with Crippen molar-refractivity contribution in [2.45, 2.75) is 70.3 Å². The summed E-state index contributed by atoms with van der Waals surface area (Å²) in [4.78, 5) is 2.86. The molecule has 0 heterocycles. The third kappa shape index (κ3) is 3.33. The molecule has 2 nitrogen and oxygen atoms in total. The molecule has 0 aromatic rings. The molecule has 110 valence electrons. The minimum Gasteiger partial charge on any atom is -0.329 e. The molecule has 19 heavy (non-hydrogen) atoms. The number of nitrogens with two attached hydrogens (primary N) is 1. The van der Waals surface area contributed by atoms with Crippen LogP contribution in [0.1, 0.15) is 64.7 Å². The van der Waals surface area contributed by atoms with Crippen LogP contribution in [-0.4, -0.2) is 30.1 Å². The Morgan fingerprint density at radius 3 is 1.79 bits per heavy atom. The second kappa shape index (κ2) is 5.73. The molecule has 0 spiro atoms. The van der Waals surface area contributed by atoms with Crippen molar-refractivity contribution in [3.63, 3.8) is 0 Å². The molecule has 3 aliphatic carbocycles. The Bertz CT molecular complexity index is 272. The fourth-order valence-electron chi connectivity index (χ4n) is 3.96. The first-order valence-corrected chi connectivity index (χ1v) is 8.71. The van der Waals surface area contributed by atoms with E-state index in [1.165, 1.54) is 70.9 Å². The van der Waals surface area contributed by atoms with Crippen molar-refractivity contribution in [2.24, 2.45) is 23.5 Å². The number of rotatable bonds is 7. The van der Waals surface area contributed by atoms with E-state index in [1.807, 2.05) is 0 Å². The molecular formula is C17H32N2. The van der Waals surface area contributed by atoms with E-state index in [4.69, 9.17) is 5.73 Å². The molecule has 0 unspecified atom stereocenters. The van der Waals surface area contributed by atoms with E-state index >= 15 is 0 Å². The topological polar surface area (TPSA) is 29.3 Å². The molecule has 3 fully saturated rings. The molecule has 0 amide bonds. The Kier molecular flexibility index (Phi) is 4.19. The zero-order valence-electron chi connectivity index (χ0n) is 12.7. The number of hydrogen-bond donors (Lipinski definition) is 1. The minimum atomic E-state index is 0.372. The van der Waals surface area contributed by atoms with Gasteiger partial charge in [0.05, 0.1) is 0 Å². The maximum Gasteiger partial charge on any atom is 0.0332 e. The third-order valence-corrected chi connectivity index (χ3v) is 6.02. The molecule has 0 atom stereocenters. The molecule has 0 aromatic heterocycles. The van der Waals surface area contributed by atoms with Crippen molar-refractivity contribution in [3.8, 4) is 0 Å². The van der Waals surface area contributed by atoms with Gasteiger partial charge in [-0.15, -0.1) is 0 Å². The van der Waals surface area contributed by atoms with Crippen molar-refractivity contribution in [1.82, 2.24) is 4.90 Å². The van der Waals surface area contributed by atoms with Crippen LogP contribution in [-0.2, 0) is 0 Å². The fourth-order valence-corrected chi connectivity index (χ4v) is 3.96. The monoisotopic (exact) mass is 264 g/mol. The van der Waals surface area contributed by atoms with Gasteiger partial charge >= 0.3 is 0 Å². The van der Waals surface area contributed by atoms with E-state index in [1.54, 1.807) is 0 Å². The largest absolute Gasteiger partial charge is 0.329 e. The van der Waals surface area contributed by atoms with Crippen LogP contribution < -0.4 is 5.73 Å². The summed E-state index contributed by atoms with van der Waals surface area (Å²) in [6, 6.07) is 0. The van der Waals surface area contributed by atoms with Crippen LogP contribution in [0.15, 0.2) is 0 Å². The summed E-state index contributed by atoms with van der Waals surface area (Å²) in [5, 5.41) is 0. The van der Waals surface area contributed by atoms with Crippen LogP contribution in [0, 0.1) is 17.8 Å². The average molecular weight is 264 g/mol. The Morgan fingerprint density at radius 2 is 1.42 bits per heavy atom. The minimum absolute atomic E-state index is 0.372. The third-order valence-electron chi connectivity index (χ3n) is 6.02. The summed E-state index contributed by atoms with van der Waals surface area (Å²) >= 11 is 0. The molecular weight excluding hydrogens is 232 g/mol. The van der Waals surface area contributed by atoms with Gasteiger partial charge in [0.1, 0.15) is 0 Å². The van der Waals surface area contributed by atoms with Crippen LogP contribution in [0.2, 0.25) is 0 Å². The van der Waals surface area contributed by atoms with Crippen molar-refractivity contribution < 1.29 is 0 Å². The highest BCUT2D eigenvalue weighted by Crippen LogP contribution is 2.42. The van der Waals surface area contributed by atoms with Gasteiger partial charge in [0.15, 0.2) is 0 Å². The second-order valence-electron chi connectivity index (χ2n) is 7.57. The Morgan fingerprint density at radius 1 is 0.895 bits per heavy atom. The lowest BCUT2D eigenvalue weighted by molar-refractivity contribution is 0.0337. The summed E-state index contributed by atoms with van der Waals surface area (Å²) in [5.41, 5.74) is 6.65. The molecule has 3 saturated carbocycles. The molecule has 0 aromatic carbocycles. The maximum atomic E-state index is 6.28. The molecule has 2 heteroatoms. The molecule has 0 radical (unpaired) electrons. The highest BCUT2D eigenvalue weighted by atomic mass is 15.2. The lowest BCUT2D eigenvalue weighted by Gasteiger charge is -2.48. The zero-order valence-corrected chi connectivity index (χ0v) is 12.7. The van der Waals surface area contributed by atoms with Crippen LogP contribution in [0.4, 0.5) is 0 Å². The van der Waals surface area contributed by atoms with Gasteiger partial charge in [-0.25, -0.2) is 0 Å². The lowest BCUT2D eigenvalue weighted by Crippen LogP contribution is -2.57. The van der Waals surface area contributed by atoms with Crippen LogP contribution in [0.25, 0.3) is 0 Å². The fraction of sp³-hybridized carbons (Fsp3) is 1.00. The Balaban J connectivity index is 1.65. The van der Waals surface area contributed by atoms with Gasteiger partial charge < -0.3 is 5.73 Å². The van der Waals surface area contributed by atoms with E-state index in [-0.39, 0.29) is 0 Å². The van der Waals surface area contributed by atoms with E-state index < -0.39 is 0 Å². The summed E-state index contributed by atoms with van der Waals surface area (Å²) in [5.74, 6) is 2.99. The van der Waals surface area contributed by atoms with Gasteiger partial charge in [-0.3, -0.25) is 4.90 Å². The average Bonchev–Trinajstić information content (AvgIpc) is 3.33. The van der Waals surface area contributed by atoms with E-state index in [0.717, 1.165) is 24.3 Å². The van der Waals surface area contributed by atoms with Crippen molar-refractivity contribution in [3.05, 3.63) is 0 Å². The van der Waals surface area contributed by atoms with Gasteiger partial charge in [-0.05, 0) is 69.1 Å². The lowest BCUT2D eigenvalue weighted by atomic mass is 9.74.